The first-order valence-corrected chi connectivity index (χ1v) is 6.99. The summed E-state index contributed by atoms with van der Waals surface area (Å²) in [6.45, 7) is 13.6. The summed E-state index contributed by atoms with van der Waals surface area (Å²) in [5.41, 5.74) is 4.43. The molecule has 94 valence electrons. The highest BCUT2D eigenvalue weighted by Crippen LogP contribution is 2.30. The Morgan fingerprint density at radius 3 is 1.53 bits per heavy atom. The number of rotatable bonds is 1. The van der Waals surface area contributed by atoms with Crippen LogP contribution in [0, 0.1) is 0 Å². The molecule has 0 atom stereocenters. The van der Waals surface area contributed by atoms with Crippen molar-refractivity contribution in [2.24, 2.45) is 0 Å². The molecule has 0 spiro atoms. The molecule has 0 saturated carbocycles. The summed E-state index contributed by atoms with van der Waals surface area (Å²) in [4.78, 5) is 1.92. The zero-order valence-electron chi connectivity index (χ0n) is 11.8. The van der Waals surface area contributed by atoms with E-state index in [-0.39, 0.29) is 10.8 Å². The predicted octanol–water partition coefficient (Wildman–Crippen LogP) is 5.65. The maximum atomic E-state index is 3.36. The van der Waals surface area contributed by atoms with Crippen LogP contribution in [0.4, 0.5) is 0 Å². The first kappa shape index (κ1) is 14.5. The summed E-state index contributed by atoms with van der Waals surface area (Å²) in [5.74, 6) is 0. The van der Waals surface area contributed by atoms with Gasteiger partial charge in [-0.1, -0.05) is 75.7 Å². The Morgan fingerprint density at radius 2 is 1.24 bits per heavy atom. The lowest BCUT2D eigenvalue weighted by atomic mass is 9.79. The van der Waals surface area contributed by atoms with E-state index in [1.807, 2.05) is 4.99 Å². The van der Waals surface area contributed by atoms with Gasteiger partial charge in [0.25, 0.3) is 0 Å². The van der Waals surface area contributed by atoms with E-state index in [9.17, 15) is 0 Å². The van der Waals surface area contributed by atoms with Gasteiger partial charge in [-0.3, -0.25) is 0 Å². The van der Waals surface area contributed by atoms with Crippen molar-refractivity contribution in [3.8, 4) is 0 Å². The van der Waals surface area contributed by atoms with Gasteiger partial charge in [0.15, 0.2) is 0 Å². The van der Waals surface area contributed by atoms with Crippen molar-refractivity contribution < 1.29 is 0 Å². The molecule has 17 heavy (non-hydrogen) atoms. The van der Waals surface area contributed by atoms with E-state index in [4.69, 9.17) is 0 Å². The monoisotopic (exact) mass is 294 g/mol. The van der Waals surface area contributed by atoms with E-state index < -0.39 is 0 Å². The molecule has 0 unspecified atom stereocenters. The lowest BCUT2D eigenvalue weighted by Gasteiger charge is -2.25. The fourth-order valence-electron chi connectivity index (χ4n) is 1.69. The van der Waals surface area contributed by atoms with Crippen LogP contribution < -0.4 is 0 Å². The molecule has 0 saturated heterocycles. The fraction of sp³-hybridized carbons (Fsp3) is 0.500. The second-order valence-electron chi connectivity index (χ2n) is 6.64. The van der Waals surface area contributed by atoms with Gasteiger partial charge in [0.2, 0.25) is 0 Å². The standard InChI is InChI=1S/C16H23Br/c1-15(2,3)13-9-12(7-8-17)10-14(11-13)16(4,5)6/h7-11H,1-6H3/b8-7+. The molecule has 0 radical (unpaired) electrons. The van der Waals surface area contributed by atoms with Gasteiger partial charge in [-0.05, 0) is 38.6 Å². The van der Waals surface area contributed by atoms with E-state index in [2.05, 4.69) is 81.7 Å². The van der Waals surface area contributed by atoms with Gasteiger partial charge in [0, 0.05) is 0 Å². The predicted molar refractivity (Wildman–Crippen MR) is 81.8 cm³/mol. The summed E-state index contributed by atoms with van der Waals surface area (Å²) in [6.07, 6.45) is 2.10. The van der Waals surface area contributed by atoms with Crippen molar-refractivity contribution in [3.05, 3.63) is 39.9 Å². The minimum atomic E-state index is 0.191. The van der Waals surface area contributed by atoms with Crippen molar-refractivity contribution >= 4 is 22.0 Å². The molecular weight excluding hydrogens is 272 g/mol. The van der Waals surface area contributed by atoms with Crippen molar-refractivity contribution in [2.75, 3.05) is 0 Å². The Balaban J connectivity index is 3.39. The number of hydrogen-bond acceptors (Lipinski definition) is 0. The van der Waals surface area contributed by atoms with Crippen LogP contribution in [-0.4, -0.2) is 0 Å². The third-order valence-corrected chi connectivity index (χ3v) is 3.21. The highest BCUT2D eigenvalue weighted by Gasteiger charge is 2.19. The van der Waals surface area contributed by atoms with E-state index in [0.29, 0.717) is 0 Å². The smallest absolute Gasteiger partial charge is 0.0132 e. The summed E-state index contributed by atoms with van der Waals surface area (Å²) in [6, 6.07) is 6.88. The number of benzene rings is 1. The van der Waals surface area contributed by atoms with Crippen LogP contribution in [0.15, 0.2) is 23.2 Å². The maximum absolute atomic E-state index is 3.36. The highest BCUT2D eigenvalue weighted by molar-refractivity contribution is 9.11. The number of hydrogen-bond donors (Lipinski definition) is 0. The van der Waals surface area contributed by atoms with Gasteiger partial charge in [-0.25, -0.2) is 0 Å². The molecule has 1 rings (SSSR count). The Bertz CT molecular complexity index is 382. The van der Waals surface area contributed by atoms with Crippen LogP contribution in [-0.2, 0) is 10.8 Å². The SMILES string of the molecule is CC(C)(C)c1cc(/C=C/Br)cc(C(C)(C)C)c1. The maximum Gasteiger partial charge on any atom is -0.0132 e. The molecule has 0 aliphatic carbocycles. The molecule has 1 heteroatoms. The Morgan fingerprint density at radius 1 is 0.824 bits per heavy atom. The molecule has 0 nitrogen and oxygen atoms in total. The zero-order valence-corrected chi connectivity index (χ0v) is 13.4. The molecule has 1 aromatic rings. The third kappa shape index (κ3) is 3.99. The van der Waals surface area contributed by atoms with Crippen LogP contribution in [0.25, 0.3) is 6.08 Å². The molecule has 0 aliphatic heterocycles. The van der Waals surface area contributed by atoms with E-state index in [1.54, 1.807) is 0 Å². The first-order chi connectivity index (χ1) is 7.64. The second-order valence-corrected chi connectivity index (χ2v) is 7.17. The highest BCUT2D eigenvalue weighted by atomic mass is 79.9. The normalized spacial score (nSPS) is 13.4. The summed E-state index contributed by atoms with van der Waals surface area (Å²) in [7, 11) is 0. The van der Waals surface area contributed by atoms with E-state index in [1.165, 1.54) is 16.7 Å². The molecular formula is C16H23Br. The average Bonchev–Trinajstić information content (AvgIpc) is 2.15. The van der Waals surface area contributed by atoms with Crippen LogP contribution in [0.5, 0.6) is 0 Å². The van der Waals surface area contributed by atoms with Crippen LogP contribution in [0.3, 0.4) is 0 Å². The molecule has 0 fully saturated rings. The molecule has 1 aromatic carbocycles. The topological polar surface area (TPSA) is 0 Å². The third-order valence-electron chi connectivity index (χ3n) is 2.94. The average molecular weight is 295 g/mol. The summed E-state index contributed by atoms with van der Waals surface area (Å²) in [5, 5.41) is 0. The lowest BCUT2D eigenvalue weighted by molar-refractivity contribution is 0.568. The van der Waals surface area contributed by atoms with Crippen molar-refractivity contribution in [2.45, 2.75) is 52.4 Å². The van der Waals surface area contributed by atoms with Crippen molar-refractivity contribution in [1.82, 2.24) is 0 Å². The van der Waals surface area contributed by atoms with Gasteiger partial charge in [-0.2, -0.15) is 0 Å². The molecule has 0 aliphatic rings. The van der Waals surface area contributed by atoms with Gasteiger partial charge in [0.05, 0.1) is 0 Å². The quantitative estimate of drug-likeness (QED) is 0.628. The zero-order chi connectivity index (χ0) is 13.3. The van der Waals surface area contributed by atoms with Gasteiger partial charge in [-0.15, -0.1) is 0 Å². The largest absolute Gasteiger partial charge is 0.0595 e. The number of halogens is 1. The molecule has 0 aromatic heterocycles. The summed E-state index contributed by atoms with van der Waals surface area (Å²) >= 11 is 3.36. The minimum Gasteiger partial charge on any atom is -0.0595 e. The first-order valence-electron chi connectivity index (χ1n) is 6.07. The van der Waals surface area contributed by atoms with E-state index in [0.717, 1.165) is 0 Å². The van der Waals surface area contributed by atoms with Crippen LogP contribution in [0.2, 0.25) is 0 Å². The van der Waals surface area contributed by atoms with Gasteiger partial charge >= 0.3 is 0 Å². The Hall–Kier alpha value is -0.560. The van der Waals surface area contributed by atoms with E-state index >= 15 is 0 Å². The van der Waals surface area contributed by atoms with Crippen LogP contribution in [0.1, 0.15) is 58.2 Å². The molecule has 0 bridgehead atoms. The fourth-order valence-corrected chi connectivity index (χ4v) is 1.99. The van der Waals surface area contributed by atoms with Crippen molar-refractivity contribution in [3.63, 3.8) is 0 Å². The molecule has 0 amide bonds. The lowest BCUT2D eigenvalue weighted by Crippen LogP contribution is -2.16. The molecule has 0 N–H and O–H groups in total. The van der Waals surface area contributed by atoms with Crippen LogP contribution >= 0.6 is 15.9 Å². The minimum absolute atomic E-state index is 0.191. The van der Waals surface area contributed by atoms with Gasteiger partial charge in [0.1, 0.15) is 0 Å². The summed E-state index contributed by atoms with van der Waals surface area (Å²) < 4.78 is 0. The molecule has 0 heterocycles. The second kappa shape index (κ2) is 4.97. The Kier molecular flexibility index (Phi) is 4.24. The van der Waals surface area contributed by atoms with Crippen molar-refractivity contribution in [1.29, 1.82) is 0 Å². The Labute approximate surface area is 114 Å². The van der Waals surface area contributed by atoms with Gasteiger partial charge < -0.3 is 0 Å².